The maximum Gasteiger partial charge on any atom is 0.128 e. The Morgan fingerprint density at radius 3 is 3.00 bits per heavy atom. The summed E-state index contributed by atoms with van der Waals surface area (Å²) in [6.07, 6.45) is 2.49. The SMILES string of the molecule is CCC(CO)Nc1cc(N)ccn1. The highest BCUT2D eigenvalue weighted by molar-refractivity contribution is 5.48. The lowest BCUT2D eigenvalue weighted by molar-refractivity contribution is 0.271. The normalized spacial score (nSPS) is 12.5. The first kappa shape index (κ1) is 9.80. The number of nitrogens with two attached hydrogens (primary N) is 1. The van der Waals surface area contributed by atoms with E-state index in [0.717, 1.165) is 6.42 Å². The third kappa shape index (κ3) is 2.91. The fraction of sp³-hybridized carbons (Fsp3) is 0.444. The third-order valence-electron chi connectivity index (χ3n) is 1.85. The molecule has 13 heavy (non-hydrogen) atoms. The van der Waals surface area contributed by atoms with Crippen LogP contribution in [0, 0.1) is 0 Å². The van der Waals surface area contributed by atoms with Gasteiger partial charge in [-0.25, -0.2) is 4.98 Å². The molecule has 1 rings (SSSR count). The molecule has 72 valence electrons. The van der Waals surface area contributed by atoms with Crippen LogP contribution < -0.4 is 11.1 Å². The maximum atomic E-state index is 8.94. The zero-order valence-corrected chi connectivity index (χ0v) is 7.70. The fourth-order valence-corrected chi connectivity index (χ4v) is 1.01. The fourth-order valence-electron chi connectivity index (χ4n) is 1.01. The number of nitrogen functional groups attached to an aromatic ring is 1. The molecule has 1 heterocycles. The second-order valence-corrected chi connectivity index (χ2v) is 2.91. The lowest BCUT2D eigenvalue weighted by Crippen LogP contribution is -2.23. The van der Waals surface area contributed by atoms with E-state index in [0.29, 0.717) is 11.5 Å². The van der Waals surface area contributed by atoms with Gasteiger partial charge in [-0.2, -0.15) is 0 Å². The van der Waals surface area contributed by atoms with Crippen LogP contribution in [0.2, 0.25) is 0 Å². The summed E-state index contributed by atoms with van der Waals surface area (Å²) in [6, 6.07) is 3.53. The monoisotopic (exact) mass is 181 g/mol. The minimum atomic E-state index is 0.0503. The highest BCUT2D eigenvalue weighted by Crippen LogP contribution is 2.09. The van der Waals surface area contributed by atoms with Crippen molar-refractivity contribution in [2.24, 2.45) is 0 Å². The summed E-state index contributed by atoms with van der Waals surface area (Å²) >= 11 is 0. The summed E-state index contributed by atoms with van der Waals surface area (Å²) in [5.41, 5.74) is 6.25. The first-order valence-corrected chi connectivity index (χ1v) is 4.35. The quantitative estimate of drug-likeness (QED) is 0.644. The number of pyridine rings is 1. The minimum absolute atomic E-state index is 0.0503. The number of hydrogen-bond acceptors (Lipinski definition) is 4. The predicted octanol–water partition coefficient (Wildman–Crippen LogP) is 0.847. The van der Waals surface area contributed by atoms with Crippen molar-refractivity contribution >= 4 is 11.5 Å². The minimum Gasteiger partial charge on any atom is -0.399 e. The Hall–Kier alpha value is -1.29. The number of rotatable bonds is 4. The van der Waals surface area contributed by atoms with Crippen LogP contribution in [-0.2, 0) is 0 Å². The molecule has 0 bridgehead atoms. The number of anilines is 2. The molecule has 1 unspecified atom stereocenters. The average molecular weight is 181 g/mol. The van der Waals surface area contributed by atoms with E-state index in [2.05, 4.69) is 10.3 Å². The standard InChI is InChI=1S/C9H15N3O/c1-2-8(6-13)12-9-5-7(10)3-4-11-9/h3-5,8,13H,2,6H2,1H3,(H3,10,11,12). The molecule has 0 radical (unpaired) electrons. The molecule has 1 aromatic heterocycles. The van der Waals surface area contributed by atoms with Gasteiger partial charge in [-0.3, -0.25) is 0 Å². The van der Waals surface area contributed by atoms with Crippen molar-refractivity contribution in [1.29, 1.82) is 0 Å². The number of nitrogens with zero attached hydrogens (tertiary/aromatic N) is 1. The van der Waals surface area contributed by atoms with E-state index in [1.807, 2.05) is 6.92 Å². The van der Waals surface area contributed by atoms with Gasteiger partial charge in [-0.1, -0.05) is 6.92 Å². The number of aromatic nitrogens is 1. The molecule has 0 saturated carbocycles. The topological polar surface area (TPSA) is 71.2 Å². The molecule has 1 aromatic rings. The van der Waals surface area contributed by atoms with Gasteiger partial charge in [-0.15, -0.1) is 0 Å². The van der Waals surface area contributed by atoms with E-state index < -0.39 is 0 Å². The predicted molar refractivity (Wildman–Crippen MR) is 53.4 cm³/mol. The van der Waals surface area contributed by atoms with Crippen LogP contribution in [-0.4, -0.2) is 22.7 Å². The Labute approximate surface area is 77.8 Å². The molecule has 0 amide bonds. The van der Waals surface area contributed by atoms with E-state index in [4.69, 9.17) is 10.8 Å². The van der Waals surface area contributed by atoms with Gasteiger partial charge >= 0.3 is 0 Å². The summed E-state index contributed by atoms with van der Waals surface area (Å²) in [5.74, 6) is 0.709. The molecule has 1 atom stereocenters. The molecule has 0 spiro atoms. The van der Waals surface area contributed by atoms with E-state index in [1.54, 1.807) is 18.3 Å². The third-order valence-corrected chi connectivity index (χ3v) is 1.85. The molecule has 0 aromatic carbocycles. The number of nitrogens with one attached hydrogen (secondary N) is 1. The summed E-state index contributed by atoms with van der Waals surface area (Å²) < 4.78 is 0. The van der Waals surface area contributed by atoms with Gasteiger partial charge in [0.15, 0.2) is 0 Å². The Kier molecular flexibility index (Phi) is 3.52. The second kappa shape index (κ2) is 4.67. The van der Waals surface area contributed by atoms with E-state index in [-0.39, 0.29) is 12.6 Å². The van der Waals surface area contributed by atoms with E-state index in [9.17, 15) is 0 Å². The second-order valence-electron chi connectivity index (χ2n) is 2.91. The van der Waals surface area contributed by atoms with Crippen molar-refractivity contribution < 1.29 is 5.11 Å². The molecular formula is C9H15N3O. The van der Waals surface area contributed by atoms with Crippen molar-refractivity contribution in [1.82, 2.24) is 4.98 Å². The smallest absolute Gasteiger partial charge is 0.128 e. The lowest BCUT2D eigenvalue weighted by atomic mass is 10.2. The summed E-state index contributed by atoms with van der Waals surface area (Å²) in [6.45, 7) is 2.10. The Balaban J connectivity index is 2.62. The van der Waals surface area contributed by atoms with Crippen molar-refractivity contribution in [2.75, 3.05) is 17.7 Å². The maximum absolute atomic E-state index is 8.94. The van der Waals surface area contributed by atoms with Crippen LogP contribution in [0.25, 0.3) is 0 Å². The zero-order valence-electron chi connectivity index (χ0n) is 7.70. The average Bonchev–Trinajstić information content (AvgIpc) is 2.14. The Morgan fingerprint density at radius 1 is 1.69 bits per heavy atom. The molecule has 4 N–H and O–H groups in total. The van der Waals surface area contributed by atoms with Crippen LogP contribution in [0.5, 0.6) is 0 Å². The van der Waals surface area contributed by atoms with Gasteiger partial charge in [0.2, 0.25) is 0 Å². The molecule has 0 fully saturated rings. The molecular weight excluding hydrogens is 166 g/mol. The van der Waals surface area contributed by atoms with Gasteiger partial charge in [-0.05, 0) is 12.5 Å². The molecule has 4 heteroatoms. The van der Waals surface area contributed by atoms with Gasteiger partial charge in [0, 0.05) is 18.0 Å². The highest BCUT2D eigenvalue weighted by Gasteiger charge is 2.04. The molecule has 0 aliphatic heterocycles. The Morgan fingerprint density at radius 2 is 2.46 bits per heavy atom. The van der Waals surface area contributed by atoms with Crippen LogP contribution in [0.15, 0.2) is 18.3 Å². The first-order valence-electron chi connectivity index (χ1n) is 4.35. The van der Waals surface area contributed by atoms with Crippen LogP contribution >= 0.6 is 0 Å². The summed E-state index contributed by atoms with van der Waals surface area (Å²) in [5, 5.41) is 12.0. The number of aliphatic hydroxyl groups is 1. The summed E-state index contributed by atoms with van der Waals surface area (Å²) in [4.78, 5) is 4.07. The van der Waals surface area contributed by atoms with E-state index >= 15 is 0 Å². The lowest BCUT2D eigenvalue weighted by Gasteiger charge is -2.14. The Bertz CT molecular complexity index is 261. The molecule has 0 aliphatic rings. The van der Waals surface area contributed by atoms with Crippen molar-refractivity contribution in [3.63, 3.8) is 0 Å². The van der Waals surface area contributed by atoms with Crippen LogP contribution in [0.3, 0.4) is 0 Å². The van der Waals surface area contributed by atoms with E-state index in [1.165, 1.54) is 0 Å². The van der Waals surface area contributed by atoms with Crippen molar-refractivity contribution in [2.45, 2.75) is 19.4 Å². The van der Waals surface area contributed by atoms with Gasteiger partial charge in [0.05, 0.1) is 12.6 Å². The first-order chi connectivity index (χ1) is 6.26. The van der Waals surface area contributed by atoms with Crippen LogP contribution in [0.4, 0.5) is 11.5 Å². The van der Waals surface area contributed by atoms with Crippen molar-refractivity contribution in [3.05, 3.63) is 18.3 Å². The summed E-state index contributed by atoms with van der Waals surface area (Å²) in [7, 11) is 0. The zero-order chi connectivity index (χ0) is 9.68. The number of aliphatic hydroxyl groups excluding tert-OH is 1. The van der Waals surface area contributed by atoms with Crippen molar-refractivity contribution in [3.8, 4) is 0 Å². The largest absolute Gasteiger partial charge is 0.399 e. The number of hydrogen-bond donors (Lipinski definition) is 3. The molecule has 4 nitrogen and oxygen atoms in total. The van der Waals surface area contributed by atoms with Gasteiger partial charge < -0.3 is 16.2 Å². The van der Waals surface area contributed by atoms with Gasteiger partial charge in [0.25, 0.3) is 0 Å². The molecule has 0 aliphatic carbocycles. The molecule has 0 saturated heterocycles. The van der Waals surface area contributed by atoms with Gasteiger partial charge in [0.1, 0.15) is 5.82 Å². The van der Waals surface area contributed by atoms with Crippen LogP contribution in [0.1, 0.15) is 13.3 Å². The highest BCUT2D eigenvalue weighted by atomic mass is 16.3.